The number of nitrogens with zero attached hydrogens (tertiary/aromatic N) is 4. The van der Waals surface area contributed by atoms with Crippen LogP contribution in [0.4, 0.5) is 0 Å². The normalized spacial score (nSPS) is 15.3. The standard InChI is InChI=1S/C21H22N4O/c1-15-22-10-6-20(24-15)21(26)25-11-7-16(8-12-25)13-17-4-5-19-18(14-17)3-2-9-23-19/h2-6,9-10,14,16H,7-8,11-13H2,1H3. The van der Waals surface area contributed by atoms with Crippen LogP contribution in [0.15, 0.2) is 48.8 Å². The summed E-state index contributed by atoms with van der Waals surface area (Å²) in [7, 11) is 0. The first-order chi connectivity index (χ1) is 12.7. The molecule has 0 unspecified atom stereocenters. The van der Waals surface area contributed by atoms with E-state index in [4.69, 9.17) is 0 Å². The van der Waals surface area contributed by atoms with E-state index in [1.54, 1.807) is 12.3 Å². The molecule has 0 bridgehead atoms. The van der Waals surface area contributed by atoms with E-state index in [0.717, 1.165) is 37.9 Å². The van der Waals surface area contributed by atoms with Gasteiger partial charge in [0.05, 0.1) is 5.52 Å². The minimum absolute atomic E-state index is 0.0192. The molecule has 1 saturated heterocycles. The molecule has 1 aromatic carbocycles. The number of pyridine rings is 1. The molecule has 5 heteroatoms. The van der Waals surface area contributed by atoms with Crippen LogP contribution in [0.2, 0.25) is 0 Å². The van der Waals surface area contributed by atoms with Gasteiger partial charge in [0.25, 0.3) is 5.91 Å². The fraction of sp³-hybridized carbons (Fsp3) is 0.333. The fourth-order valence-electron chi connectivity index (χ4n) is 3.66. The fourth-order valence-corrected chi connectivity index (χ4v) is 3.66. The lowest BCUT2D eigenvalue weighted by atomic mass is 9.89. The zero-order chi connectivity index (χ0) is 17.9. The Bertz CT molecular complexity index is 932. The molecule has 26 heavy (non-hydrogen) atoms. The molecule has 0 radical (unpaired) electrons. The van der Waals surface area contributed by atoms with E-state index in [0.29, 0.717) is 17.4 Å². The lowest BCUT2D eigenvalue weighted by Gasteiger charge is -2.32. The number of amides is 1. The predicted molar refractivity (Wildman–Crippen MR) is 101 cm³/mol. The Kier molecular flexibility index (Phi) is 4.61. The van der Waals surface area contributed by atoms with E-state index in [2.05, 4.69) is 39.2 Å². The number of benzene rings is 1. The van der Waals surface area contributed by atoms with Crippen molar-refractivity contribution < 1.29 is 4.79 Å². The molecular formula is C21H22N4O. The molecule has 1 amide bonds. The molecule has 0 spiro atoms. The molecule has 1 aliphatic rings. The highest BCUT2D eigenvalue weighted by atomic mass is 16.2. The number of fused-ring (bicyclic) bond motifs is 1. The number of hydrogen-bond acceptors (Lipinski definition) is 4. The van der Waals surface area contributed by atoms with Crippen molar-refractivity contribution in [2.24, 2.45) is 5.92 Å². The Hall–Kier alpha value is -2.82. The summed E-state index contributed by atoms with van der Waals surface area (Å²) in [4.78, 5) is 27.2. The van der Waals surface area contributed by atoms with Crippen molar-refractivity contribution in [2.75, 3.05) is 13.1 Å². The van der Waals surface area contributed by atoms with Gasteiger partial charge in [0.1, 0.15) is 11.5 Å². The molecule has 2 aromatic heterocycles. The average molecular weight is 346 g/mol. The first-order valence-electron chi connectivity index (χ1n) is 9.11. The molecular weight excluding hydrogens is 324 g/mol. The van der Waals surface area contributed by atoms with Crippen LogP contribution in [0.5, 0.6) is 0 Å². The Morgan fingerprint density at radius 1 is 1.12 bits per heavy atom. The van der Waals surface area contributed by atoms with Crippen LogP contribution in [0.3, 0.4) is 0 Å². The van der Waals surface area contributed by atoms with Gasteiger partial charge in [-0.25, -0.2) is 9.97 Å². The second-order valence-electron chi connectivity index (χ2n) is 6.96. The number of hydrogen-bond donors (Lipinski definition) is 0. The zero-order valence-corrected chi connectivity index (χ0v) is 14.9. The van der Waals surface area contributed by atoms with Crippen molar-refractivity contribution >= 4 is 16.8 Å². The zero-order valence-electron chi connectivity index (χ0n) is 14.9. The summed E-state index contributed by atoms with van der Waals surface area (Å²) in [6, 6.07) is 12.3. The SMILES string of the molecule is Cc1nccc(C(=O)N2CCC(Cc3ccc4ncccc4c3)CC2)n1. The molecule has 132 valence electrons. The second-order valence-corrected chi connectivity index (χ2v) is 6.96. The molecule has 5 nitrogen and oxygen atoms in total. The quantitative estimate of drug-likeness (QED) is 0.729. The van der Waals surface area contributed by atoms with Gasteiger partial charge in [-0.05, 0) is 61.9 Å². The highest BCUT2D eigenvalue weighted by Crippen LogP contribution is 2.24. The van der Waals surface area contributed by atoms with E-state index in [9.17, 15) is 4.79 Å². The molecule has 4 rings (SSSR count). The third-order valence-corrected chi connectivity index (χ3v) is 5.09. The number of carbonyl (C=O) groups is 1. The van der Waals surface area contributed by atoms with Gasteiger partial charge in [0.2, 0.25) is 0 Å². The van der Waals surface area contributed by atoms with E-state index in [1.807, 2.05) is 24.1 Å². The maximum absolute atomic E-state index is 12.6. The number of likely N-dealkylation sites (tertiary alicyclic amines) is 1. The first-order valence-corrected chi connectivity index (χ1v) is 9.11. The lowest BCUT2D eigenvalue weighted by molar-refractivity contribution is 0.0684. The number of rotatable bonds is 3. The topological polar surface area (TPSA) is 59.0 Å². The number of carbonyl (C=O) groups excluding carboxylic acids is 1. The first kappa shape index (κ1) is 16.6. The monoisotopic (exact) mass is 346 g/mol. The van der Waals surface area contributed by atoms with Gasteiger partial charge < -0.3 is 4.90 Å². The van der Waals surface area contributed by atoms with Crippen molar-refractivity contribution in [3.8, 4) is 0 Å². The van der Waals surface area contributed by atoms with Gasteiger partial charge in [-0.15, -0.1) is 0 Å². The van der Waals surface area contributed by atoms with Crippen LogP contribution < -0.4 is 0 Å². The Labute approximate surface area is 153 Å². The number of aromatic nitrogens is 3. The highest BCUT2D eigenvalue weighted by molar-refractivity contribution is 5.92. The van der Waals surface area contributed by atoms with Crippen molar-refractivity contribution in [2.45, 2.75) is 26.2 Å². The van der Waals surface area contributed by atoms with Gasteiger partial charge in [0, 0.05) is 30.9 Å². The number of piperidine rings is 1. The Balaban J connectivity index is 1.37. The maximum atomic E-state index is 12.6. The molecule has 1 fully saturated rings. The minimum atomic E-state index is 0.0192. The Morgan fingerprint density at radius 2 is 1.96 bits per heavy atom. The lowest BCUT2D eigenvalue weighted by Crippen LogP contribution is -2.39. The van der Waals surface area contributed by atoms with Gasteiger partial charge >= 0.3 is 0 Å². The third-order valence-electron chi connectivity index (χ3n) is 5.09. The Morgan fingerprint density at radius 3 is 2.77 bits per heavy atom. The molecule has 3 aromatic rings. The maximum Gasteiger partial charge on any atom is 0.272 e. The molecule has 0 N–H and O–H groups in total. The predicted octanol–water partition coefficient (Wildman–Crippen LogP) is 3.43. The van der Waals surface area contributed by atoms with Crippen molar-refractivity contribution in [3.05, 3.63) is 65.9 Å². The van der Waals surface area contributed by atoms with Gasteiger partial charge in [-0.1, -0.05) is 12.1 Å². The van der Waals surface area contributed by atoms with Crippen LogP contribution in [0.25, 0.3) is 10.9 Å². The van der Waals surface area contributed by atoms with Gasteiger partial charge in [-0.3, -0.25) is 9.78 Å². The third kappa shape index (κ3) is 3.57. The van der Waals surface area contributed by atoms with Crippen LogP contribution in [0, 0.1) is 12.8 Å². The van der Waals surface area contributed by atoms with Crippen molar-refractivity contribution in [1.29, 1.82) is 0 Å². The summed E-state index contributed by atoms with van der Waals surface area (Å²) in [6.45, 7) is 3.39. The molecule has 0 aliphatic carbocycles. The van der Waals surface area contributed by atoms with Crippen LogP contribution >= 0.6 is 0 Å². The summed E-state index contributed by atoms with van der Waals surface area (Å²) < 4.78 is 0. The van der Waals surface area contributed by atoms with E-state index >= 15 is 0 Å². The molecule has 3 heterocycles. The smallest absolute Gasteiger partial charge is 0.272 e. The van der Waals surface area contributed by atoms with Crippen molar-refractivity contribution in [3.63, 3.8) is 0 Å². The van der Waals surface area contributed by atoms with E-state index < -0.39 is 0 Å². The summed E-state index contributed by atoms with van der Waals surface area (Å²) >= 11 is 0. The van der Waals surface area contributed by atoms with Crippen LogP contribution in [-0.4, -0.2) is 38.8 Å². The van der Waals surface area contributed by atoms with Crippen LogP contribution in [0.1, 0.15) is 34.7 Å². The van der Waals surface area contributed by atoms with Crippen LogP contribution in [-0.2, 0) is 6.42 Å². The second kappa shape index (κ2) is 7.20. The largest absolute Gasteiger partial charge is 0.337 e. The number of aryl methyl sites for hydroxylation is 1. The van der Waals surface area contributed by atoms with Crippen molar-refractivity contribution in [1.82, 2.24) is 19.9 Å². The van der Waals surface area contributed by atoms with Gasteiger partial charge in [0.15, 0.2) is 0 Å². The van der Waals surface area contributed by atoms with E-state index in [1.165, 1.54) is 10.9 Å². The summed E-state index contributed by atoms with van der Waals surface area (Å²) in [5.41, 5.74) is 2.89. The molecule has 0 atom stereocenters. The highest BCUT2D eigenvalue weighted by Gasteiger charge is 2.24. The summed E-state index contributed by atoms with van der Waals surface area (Å²) in [6.07, 6.45) is 6.59. The summed E-state index contributed by atoms with van der Waals surface area (Å²) in [5.74, 6) is 1.27. The van der Waals surface area contributed by atoms with Gasteiger partial charge in [-0.2, -0.15) is 0 Å². The summed E-state index contributed by atoms with van der Waals surface area (Å²) in [5, 5.41) is 1.19. The molecule has 1 aliphatic heterocycles. The van der Waals surface area contributed by atoms with E-state index in [-0.39, 0.29) is 5.91 Å². The molecule has 0 saturated carbocycles. The minimum Gasteiger partial charge on any atom is -0.337 e. The average Bonchev–Trinajstić information content (AvgIpc) is 2.68.